The van der Waals surface area contributed by atoms with E-state index in [0.29, 0.717) is 29.9 Å². The molecule has 0 aliphatic carbocycles. The van der Waals surface area contributed by atoms with Crippen LogP contribution in [-0.4, -0.2) is 17.3 Å². The minimum Gasteiger partial charge on any atom is -0.455 e. The average Bonchev–Trinajstić information content (AvgIpc) is 3.53. The van der Waals surface area contributed by atoms with Crippen LogP contribution in [0.4, 0.5) is 18.9 Å². The molecule has 1 atom stereocenters. The summed E-state index contributed by atoms with van der Waals surface area (Å²) in [5, 5.41) is 0. The molecule has 3 aliphatic heterocycles. The summed E-state index contributed by atoms with van der Waals surface area (Å²) in [4.78, 5) is 28.2. The molecule has 5 heterocycles. The van der Waals surface area contributed by atoms with Gasteiger partial charge in [0.2, 0.25) is 24.2 Å². The molecule has 1 unspecified atom stereocenters. The van der Waals surface area contributed by atoms with Crippen molar-refractivity contribution in [2.75, 3.05) is 11.7 Å². The molecular formula is C22H15F3N2O5. The molecule has 1 amide bonds. The number of carbonyl (C=O) groups excluding carboxylic acids is 1. The van der Waals surface area contributed by atoms with Gasteiger partial charge in [-0.2, -0.15) is 13.2 Å². The summed E-state index contributed by atoms with van der Waals surface area (Å²) in [5.41, 5.74) is 0.243. The number of para-hydroxylation sites is 1. The second-order valence-corrected chi connectivity index (χ2v) is 7.91. The number of hydrogen-bond acceptors (Lipinski definition) is 5. The Morgan fingerprint density at radius 2 is 1.88 bits per heavy atom. The van der Waals surface area contributed by atoms with Gasteiger partial charge in [0, 0.05) is 24.0 Å². The molecule has 0 radical (unpaired) electrons. The summed E-state index contributed by atoms with van der Waals surface area (Å²) >= 11 is 0. The van der Waals surface area contributed by atoms with Crippen LogP contribution in [0.5, 0.6) is 11.5 Å². The number of nitrogens with zero attached hydrogens (tertiary/aromatic N) is 2. The molecule has 7 nitrogen and oxygen atoms in total. The monoisotopic (exact) mass is 444 g/mol. The van der Waals surface area contributed by atoms with Gasteiger partial charge in [-0.05, 0) is 30.2 Å². The van der Waals surface area contributed by atoms with Crippen molar-refractivity contribution in [2.45, 2.75) is 31.1 Å². The van der Waals surface area contributed by atoms with Crippen molar-refractivity contribution in [1.29, 1.82) is 0 Å². The van der Waals surface area contributed by atoms with E-state index in [9.17, 15) is 22.8 Å². The summed E-state index contributed by atoms with van der Waals surface area (Å²) in [6, 6.07) is 10.8. The minimum absolute atomic E-state index is 0.0126. The van der Waals surface area contributed by atoms with E-state index in [1.807, 2.05) is 0 Å². The van der Waals surface area contributed by atoms with Crippen molar-refractivity contribution in [3.8, 4) is 11.5 Å². The number of anilines is 1. The van der Waals surface area contributed by atoms with Gasteiger partial charge in [0.05, 0.1) is 6.54 Å². The van der Waals surface area contributed by atoms with Crippen LogP contribution in [0.2, 0.25) is 0 Å². The topological polar surface area (TPSA) is 73.9 Å². The zero-order valence-corrected chi connectivity index (χ0v) is 16.4. The number of ether oxygens (including phenoxy) is 2. The normalized spacial score (nSPS) is 20.8. The van der Waals surface area contributed by atoms with Gasteiger partial charge in [0.1, 0.15) is 11.2 Å². The molecule has 0 N–H and O–H groups in total. The summed E-state index contributed by atoms with van der Waals surface area (Å²) in [6.45, 7) is 0.0673. The van der Waals surface area contributed by atoms with E-state index in [0.717, 1.165) is 6.07 Å². The first-order valence-corrected chi connectivity index (χ1v) is 9.92. The van der Waals surface area contributed by atoms with Gasteiger partial charge in [-0.25, -0.2) is 0 Å². The van der Waals surface area contributed by atoms with Crippen LogP contribution in [0.1, 0.15) is 29.2 Å². The standard InChI is InChI=1S/C22H15F3N2O5/c23-22(24,25)17-6-5-12(32-17)10-27-14-4-2-1-3-13(14)21(20(27)29)7-8-26-16(21)9-15-18(19(26)28)31-11-30-15/h1-6,9H,7-8,10-11H2. The van der Waals surface area contributed by atoms with Crippen LogP contribution in [0.15, 0.2) is 51.7 Å². The lowest BCUT2D eigenvalue weighted by Gasteiger charge is -2.24. The van der Waals surface area contributed by atoms with E-state index in [2.05, 4.69) is 0 Å². The highest BCUT2D eigenvalue weighted by Gasteiger charge is 2.56. The van der Waals surface area contributed by atoms with Crippen LogP contribution in [0.3, 0.4) is 0 Å². The number of hydrogen-bond donors (Lipinski definition) is 0. The number of amides is 1. The van der Waals surface area contributed by atoms with Crippen molar-refractivity contribution >= 4 is 11.6 Å². The number of furan rings is 1. The maximum Gasteiger partial charge on any atom is 0.449 e. The third kappa shape index (κ3) is 2.37. The molecule has 2 aromatic heterocycles. The van der Waals surface area contributed by atoms with Crippen molar-refractivity contribution in [2.24, 2.45) is 0 Å². The highest BCUT2D eigenvalue weighted by atomic mass is 19.4. The molecule has 0 saturated carbocycles. The number of pyridine rings is 1. The molecule has 0 bridgehead atoms. The smallest absolute Gasteiger partial charge is 0.449 e. The Morgan fingerprint density at radius 3 is 2.66 bits per heavy atom. The van der Waals surface area contributed by atoms with Gasteiger partial charge in [-0.1, -0.05) is 18.2 Å². The van der Waals surface area contributed by atoms with Crippen molar-refractivity contribution in [1.82, 2.24) is 4.57 Å². The second kappa shape index (κ2) is 6.18. The largest absolute Gasteiger partial charge is 0.455 e. The highest BCUT2D eigenvalue weighted by molar-refractivity contribution is 6.10. The molecular weight excluding hydrogens is 429 g/mol. The van der Waals surface area contributed by atoms with Gasteiger partial charge < -0.3 is 23.4 Å². The molecule has 0 saturated heterocycles. The lowest BCUT2D eigenvalue weighted by Crippen LogP contribution is -2.40. The fourth-order valence-electron chi connectivity index (χ4n) is 4.92. The zero-order chi connectivity index (χ0) is 22.3. The van der Waals surface area contributed by atoms with Crippen LogP contribution in [-0.2, 0) is 29.5 Å². The van der Waals surface area contributed by atoms with Gasteiger partial charge in [0.15, 0.2) is 5.75 Å². The van der Waals surface area contributed by atoms with Crippen molar-refractivity contribution in [3.63, 3.8) is 0 Å². The summed E-state index contributed by atoms with van der Waals surface area (Å²) in [6.07, 6.45) is -4.27. The van der Waals surface area contributed by atoms with Gasteiger partial charge in [-0.15, -0.1) is 0 Å². The number of aromatic nitrogens is 1. The van der Waals surface area contributed by atoms with E-state index in [4.69, 9.17) is 13.9 Å². The highest BCUT2D eigenvalue weighted by Crippen LogP contribution is 2.52. The number of halogens is 3. The second-order valence-electron chi connectivity index (χ2n) is 7.91. The maximum atomic E-state index is 13.8. The molecule has 164 valence electrons. The molecule has 1 aromatic carbocycles. The zero-order valence-electron chi connectivity index (χ0n) is 16.4. The summed E-state index contributed by atoms with van der Waals surface area (Å²) in [7, 11) is 0. The van der Waals surface area contributed by atoms with E-state index in [-0.39, 0.29) is 42.1 Å². The van der Waals surface area contributed by atoms with E-state index in [1.54, 1.807) is 30.3 Å². The van der Waals surface area contributed by atoms with E-state index in [1.165, 1.54) is 15.5 Å². The maximum absolute atomic E-state index is 13.8. The Balaban J connectivity index is 1.47. The fourth-order valence-corrected chi connectivity index (χ4v) is 4.92. The van der Waals surface area contributed by atoms with Gasteiger partial charge in [-0.3, -0.25) is 9.59 Å². The van der Waals surface area contributed by atoms with Crippen molar-refractivity contribution in [3.05, 3.63) is 75.6 Å². The van der Waals surface area contributed by atoms with Crippen LogP contribution < -0.4 is 19.9 Å². The van der Waals surface area contributed by atoms with Gasteiger partial charge >= 0.3 is 6.18 Å². The Bertz CT molecular complexity index is 1340. The first-order valence-electron chi connectivity index (χ1n) is 9.92. The number of benzene rings is 1. The predicted molar refractivity (Wildman–Crippen MR) is 104 cm³/mol. The molecule has 3 aromatic rings. The van der Waals surface area contributed by atoms with Crippen LogP contribution in [0, 0.1) is 0 Å². The minimum atomic E-state index is -4.61. The average molecular weight is 444 g/mol. The summed E-state index contributed by atoms with van der Waals surface area (Å²) < 4.78 is 56.0. The predicted octanol–water partition coefficient (Wildman–Crippen LogP) is 3.43. The Kier molecular flexibility index (Phi) is 3.67. The third-order valence-corrected chi connectivity index (χ3v) is 6.31. The van der Waals surface area contributed by atoms with Crippen LogP contribution >= 0.6 is 0 Å². The SMILES string of the molecule is O=C1N(Cc2ccc(C(F)(F)F)o2)c2ccccc2C12CCn1c2cc2c(c1=O)OCO2. The van der Waals surface area contributed by atoms with E-state index >= 15 is 0 Å². The Hall–Kier alpha value is -3.69. The third-order valence-electron chi connectivity index (χ3n) is 6.31. The number of fused-ring (bicyclic) bond motifs is 5. The molecule has 0 fully saturated rings. The van der Waals surface area contributed by atoms with Crippen LogP contribution in [0.25, 0.3) is 0 Å². The first-order chi connectivity index (χ1) is 15.3. The number of alkyl halides is 3. The Labute approximate surface area is 178 Å². The lowest BCUT2D eigenvalue weighted by molar-refractivity contribution is -0.153. The molecule has 32 heavy (non-hydrogen) atoms. The van der Waals surface area contributed by atoms with Crippen molar-refractivity contribution < 1.29 is 31.9 Å². The number of rotatable bonds is 2. The first kappa shape index (κ1) is 19.0. The molecule has 6 rings (SSSR count). The fraction of sp³-hybridized carbons (Fsp3) is 0.273. The summed E-state index contributed by atoms with van der Waals surface area (Å²) in [5.74, 6) is -1.02. The van der Waals surface area contributed by atoms with E-state index < -0.39 is 17.4 Å². The molecule has 3 aliphatic rings. The number of carbonyl (C=O) groups is 1. The quantitative estimate of drug-likeness (QED) is 0.606. The molecule has 1 spiro atoms. The van der Waals surface area contributed by atoms with Gasteiger partial charge in [0.25, 0.3) is 5.56 Å². The molecule has 10 heteroatoms. The lowest BCUT2D eigenvalue weighted by atomic mass is 9.77. The Morgan fingerprint density at radius 1 is 1.06 bits per heavy atom.